The molecule has 32 heavy (non-hydrogen) atoms. The van der Waals surface area contributed by atoms with Gasteiger partial charge in [0.2, 0.25) is 0 Å². The Morgan fingerprint density at radius 2 is 0.781 bits per heavy atom. The fourth-order valence-electron chi connectivity index (χ4n) is 4.29. The molecule has 0 aliphatic rings. The molecule has 0 heterocycles. The topological polar surface area (TPSA) is 60.7 Å². The van der Waals surface area contributed by atoms with Crippen molar-refractivity contribution in [3.63, 3.8) is 0 Å². The predicted molar refractivity (Wildman–Crippen MR) is 132 cm³/mol. The Morgan fingerprint density at radius 3 is 1.03 bits per heavy atom. The van der Waals surface area contributed by atoms with E-state index in [-0.39, 0.29) is 0 Å². The van der Waals surface area contributed by atoms with Crippen molar-refractivity contribution in [2.75, 3.05) is 6.16 Å². The summed E-state index contributed by atoms with van der Waals surface area (Å²) in [5.41, 5.74) is 0. The second kappa shape index (κ2) is 20.5. The van der Waals surface area contributed by atoms with Gasteiger partial charge in [0, 0.05) is 19.3 Å². The molecule has 3 unspecified atom stereocenters. The molecule has 3 N–H and O–H groups in total. The maximum Gasteiger partial charge on any atom is 0.673 e. The molecule has 0 spiro atoms. The Hall–Kier alpha value is 0.0949. The zero-order valence-electron chi connectivity index (χ0n) is 20.9. The quantitative estimate of drug-likeness (QED) is 0.0737. The van der Waals surface area contributed by atoms with E-state index >= 15 is 0 Å². The summed E-state index contributed by atoms with van der Waals surface area (Å²) in [5, 5.41) is 32.0. The lowest BCUT2D eigenvalue weighted by molar-refractivity contribution is 0.178. The minimum absolute atomic E-state index is 0.532. The number of rotatable bonds is 19. The van der Waals surface area contributed by atoms with Crippen LogP contribution in [0.4, 0.5) is 17.3 Å². The Bertz CT molecular complexity index is 385. The van der Waals surface area contributed by atoms with Gasteiger partial charge in [-0.1, -0.05) is 91.9 Å². The van der Waals surface area contributed by atoms with Crippen molar-refractivity contribution in [2.45, 2.75) is 142 Å². The standard InChI is InChI=1S/C23H50O3P.BF4/c1-5-9-10-11-12-13-14-15-16-17-18-19-20-27(21(24)6-2,22(25)7-3)23(26)8-4;2-1(3,4)5/h21-26H,5-20H2,1-4H3;/q+1;-1. The number of aliphatic hydroxyl groups is 3. The summed E-state index contributed by atoms with van der Waals surface area (Å²) in [4.78, 5) is 0. The third-order valence-electron chi connectivity index (χ3n) is 6.16. The molecule has 0 aliphatic heterocycles. The van der Waals surface area contributed by atoms with E-state index in [1.165, 1.54) is 64.2 Å². The molecule has 0 aromatic rings. The molecule has 196 valence electrons. The van der Waals surface area contributed by atoms with Crippen LogP contribution in [0.25, 0.3) is 0 Å². The van der Waals surface area contributed by atoms with Gasteiger partial charge >= 0.3 is 7.25 Å². The lowest BCUT2D eigenvalue weighted by Crippen LogP contribution is -2.34. The Morgan fingerprint density at radius 1 is 0.531 bits per heavy atom. The molecule has 3 nitrogen and oxygen atoms in total. The predicted octanol–water partition coefficient (Wildman–Crippen LogP) is 8.19. The summed E-state index contributed by atoms with van der Waals surface area (Å²) in [7, 11) is -8.18. The molecule has 0 aliphatic carbocycles. The van der Waals surface area contributed by atoms with Gasteiger partial charge in [-0.05, 0) is 12.8 Å². The van der Waals surface area contributed by atoms with Crippen molar-refractivity contribution in [3.05, 3.63) is 0 Å². The van der Waals surface area contributed by atoms with Crippen LogP contribution in [0, 0.1) is 0 Å². The van der Waals surface area contributed by atoms with Gasteiger partial charge in [-0.2, -0.15) is 0 Å². The van der Waals surface area contributed by atoms with Crippen LogP contribution in [0.15, 0.2) is 0 Å². The smallest absolute Gasteiger partial charge is 0.418 e. The van der Waals surface area contributed by atoms with Gasteiger partial charge in [0.25, 0.3) is 0 Å². The molecular formula is C23H50BF4O3P. The maximum atomic E-state index is 10.7. The average molecular weight is 492 g/mol. The fraction of sp³-hybridized carbons (Fsp3) is 1.00. The van der Waals surface area contributed by atoms with E-state index in [0.29, 0.717) is 19.3 Å². The van der Waals surface area contributed by atoms with E-state index in [1.54, 1.807) is 0 Å². The SMILES string of the molecule is CCCCCCCCCCCCCC[P+](C(O)CC)(C(O)CC)C(O)CC.F[B-](F)(F)F. The van der Waals surface area contributed by atoms with Gasteiger partial charge < -0.3 is 32.6 Å². The van der Waals surface area contributed by atoms with Crippen molar-refractivity contribution >= 4 is 14.5 Å². The van der Waals surface area contributed by atoms with Crippen molar-refractivity contribution in [1.82, 2.24) is 0 Å². The first-order valence-corrected chi connectivity index (χ1v) is 15.0. The zero-order valence-corrected chi connectivity index (χ0v) is 21.8. The summed E-state index contributed by atoms with van der Waals surface area (Å²) in [5.74, 6) is -1.60. The van der Waals surface area contributed by atoms with Crippen LogP contribution >= 0.6 is 7.26 Å². The second-order valence-corrected chi connectivity index (χ2v) is 13.0. The lowest BCUT2D eigenvalue weighted by atomic mass is 10.1. The van der Waals surface area contributed by atoms with Crippen molar-refractivity contribution in [2.24, 2.45) is 0 Å². The minimum Gasteiger partial charge on any atom is -0.418 e. The first-order valence-electron chi connectivity index (χ1n) is 12.8. The van der Waals surface area contributed by atoms with Gasteiger partial charge in [0.1, 0.15) is 7.26 Å². The Kier molecular flexibility index (Phi) is 21.9. The number of aliphatic hydroxyl groups excluding tert-OH is 3. The molecule has 3 atom stereocenters. The van der Waals surface area contributed by atoms with E-state index in [2.05, 4.69) is 6.92 Å². The number of halogens is 4. The molecule has 0 aromatic carbocycles. The monoisotopic (exact) mass is 492 g/mol. The number of unbranched alkanes of at least 4 members (excludes halogenated alkanes) is 11. The molecule has 0 saturated heterocycles. The van der Waals surface area contributed by atoms with Gasteiger partial charge in [0.05, 0.1) is 6.16 Å². The molecule has 0 bridgehead atoms. The van der Waals surface area contributed by atoms with E-state index in [9.17, 15) is 32.6 Å². The molecule has 0 fully saturated rings. The molecule has 0 aromatic heterocycles. The van der Waals surface area contributed by atoms with Crippen molar-refractivity contribution in [1.29, 1.82) is 0 Å². The lowest BCUT2D eigenvalue weighted by Gasteiger charge is -2.38. The molecule has 0 radical (unpaired) electrons. The van der Waals surface area contributed by atoms with Crippen LogP contribution in [0.5, 0.6) is 0 Å². The minimum atomic E-state index is -6.00. The van der Waals surface area contributed by atoms with Crippen LogP contribution in [0.1, 0.15) is 124 Å². The maximum absolute atomic E-state index is 10.7. The van der Waals surface area contributed by atoms with Gasteiger partial charge in [-0.3, -0.25) is 0 Å². The number of hydrogen-bond acceptors (Lipinski definition) is 3. The zero-order chi connectivity index (χ0) is 25.0. The molecule has 9 heteroatoms. The third kappa shape index (κ3) is 16.7. The highest BCUT2D eigenvalue weighted by Crippen LogP contribution is 2.71. The van der Waals surface area contributed by atoms with Crippen LogP contribution in [0.3, 0.4) is 0 Å². The molecular weight excluding hydrogens is 442 g/mol. The van der Waals surface area contributed by atoms with E-state index < -0.39 is 32.1 Å². The van der Waals surface area contributed by atoms with Crippen LogP contribution < -0.4 is 0 Å². The highest BCUT2D eigenvalue weighted by atomic mass is 31.2. The van der Waals surface area contributed by atoms with Gasteiger partial charge in [-0.15, -0.1) is 0 Å². The largest absolute Gasteiger partial charge is 0.673 e. The van der Waals surface area contributed by atoms with Crippen molar-refractivity contribution < 1.29 is 32.6 Å². The average Bonchev–Trinajstić information content (AvgIpc) is 2.74. The summed E-state index contributed by atoms with van der Waals surface area (Å²) in [6.45, 7) is 8.16. The molecule has 0 amide bonds. The fourth-order valence-corrected chi connectivity index (χ4v) is 9.19. The summed E-state index contributed by atoms with van der Waals surface area (Å²) in [6.07, 6.45) is 18.4. The first-order chi connectivity index (χ1) is 15.0. The number of hydrogen-bond donors (Lipinski definition) is 3. The third-order valence-corrected chi connectivity index (χ3v) is 11.7. The Labute approximate surface area is 195 Å². The second-order valence-electron chi connectivity index (χ2n) is 8.77. The summed E-state index contributed by atoms with van der Waals surface area (Å²) < 4.78 is 39.0. The Balaban J connectivity index is 0. The van der Waals surface area contributed by atoms with Gasteiger partial charge in [0.15, 0.2) is 17.5 Å². The first kappa shape index (κ1) is 34.3. The summed E-state index contributed by atoms with van der Waals surface area (Å²) in [6, 6.07) is 0. The van der Waals surface area contributed by atoms with Crippen LogP contribution in [-0.2, 0) is 0 Å². The van der Waals surface area contributed by atoms with Crippen molar-refractivity contribution in [3.8, 4) is 0 Å². The van der Waals surface area contributed by atoms with E-state index in [1.807, 2.05) is 20.8 Å². The molecule has 0 rings (SSSR count). The van der Waals surface area contributed by atoms with E-state index in [0.717, 1.165) is 19.0 Å². The van der Waals surface area contributed by atoms with Crippen LogP contribution in [-0.4, -0.2) is 46.3 Å². The molecule has 0 saturated carbocycles. The summed E-state index contributed by atoms with van der Waals surface area (Å²) >= 11 is 0. The van der Waals surface area contributed by atoms with E-state index in [4.69, 9.17) is 0 Å². The normalized spacial score (nSPS) is 16.6. The highest BCUT2D eigenvalue weighted by molar-refractivity contribution is 7.77. The van der Waals surface area contributed by atoms with Crippen LogP contribution in [0.2, 0.25) is 0 Å². The highest BCUT2D eigenvalue weighted by Gasteiger charge is 2.54. The van der Waals surface area contributed by atoms with Gasteiger partial charge in [-0.25, -0.2) is 0 Å².